The van der Waals surface area contributed by atoms with Crippen LogP contribution in [0, 0.1) is 5.41 Å². The van der Waals surface area contributed by atoms with Crippen molar-refractivity contribution in [3.63, 3.8) is 0 Å². The first kappa shape index (κ1) is 13.9. The molecule has 1 unspecified atom stereocenters. The largest absolute Gasteiger partial charge is 0.314 e. The molecule has 0 aromatic heterocycles. The minimum Gasteiger partial charge on any atom is -0.314 e. The van der Waals surface area contributed by atoms with Crippen LogP contribution in [-0.2, 0) is 0 Å². The summed E-state index contributed by atoms with van der Waals surface area (Å²) in [5, 5.41) is 3.60. The summed E-state index contributed by atoms with van der Waals surface area (Å²) < 4.78 is 0. The highest BCUT2D eigenvalue weighted by molar-refractivity contribution is 4.75. The fourth-order valence-electron chi connectivity index (χ4n) is 1.90. The average Bonchev–Trinajstić information content (AvgIpc) is 1.99. The second-order valence-corrected chi connectivity index (χ2v) is 5.47. The van der Waals surface area contributed by atoms with Crippen LogP contribution in [0.4, 0.5) is 0 Å². The summed E-state index contributed by atoms with van der Waals surface area (Å²) in [4.78, 5) is 2.26. The van der Waals surface area contributed by atoms with Crippen LogP contribution >= 0.6 is 0 Å². The molecule has 0 aromatic carbocycles. The van der Waals surface area contributed by atoms with Crippen molar-refractivity contribution in [2.75, 3.05) is 27.2 Å². The van der Waals surface area contributed by atoms with E-state index in [1.54, 1.807) is 0 Å². The molecule has 0 bridgehead atoms. The Morgan fingerprint density at radius 2 is 1.86 bits per heavy atom. The van der Waals surface area contributed by atoms with E-state index in [-0.39, 0.29) is 0 Å². The van der Waals surface area contributed by atoms with Gasteiger partial charge in [-0.15, -0.1) is 0 Å². The molecule has 2 heteroatoms. The topological polar surface area (TPSA) is 15.3 Å². The quantitative estimate of drug-likeness (QED) is 0.678. The average molecular weight is 200 g/mol. The Hall–Kier alpha value is -0.0800. The van der Waals surface area contributed by atoms with E-state index in [9.17, 15) is 0 Å². The Morgan fingerprint density at radius 1 is 1.29 bits per heavy atom. The smallest absolute Gasteiger partial charge is 0.00388 e. The summed E-state index contributed by atoms with van der Waals surface area (Å²) >= 11 is 0. The van der Waals surface area contributed by atoms with Gasteiger partial charge >= 0.3 is 0 Å². The maximum atomic E-state index is 3.60. The van der Waals surface area contributed by atoms with Gasteiger partial charge in [0.05, 0.1) is 0 Å². The van der Waals surface area contributed by atoms with Crippen molar-refractivity contribution >= 4 is 0 Å². The molecule has 0 aliphatic rings. The maximum absolute atomic E-state index is 3.60. The van der Waals surface area contributed by atoms with E-state index in [0.29, 0.717) is 11.5 Å². The first-order valence-corrected chi connectivity index (χ1v) is 5.75. The molecule has 0 fully saturated rings. The van der Waals surface area contributed by atoms with Crippen LogP contribution in [0.5, 0.6) is 0 Å². The van der Waals surface area contributed by atoms with E-state index in [1.165, 1.54) is 12.8 Å². The van der Waals surface area contributed by atoms with E-state index >= 15 is 0 Å². The second-order valence-electron chi connectivity index (χ2n) is 5.47. The summed E-state index contributed by atoms with van der Waals surface area (Å²) in [5.41, 5.74) is 0.367. The Labute approximate surface area is 90.1 Å². The van der Waals surface area contributed by atoms with Gasteiger partial charge in [-0.3, -0.25) is 0 Å². The predicted octanol–water partition coefficient (Wildman–Crippen LogP) is 2.35. The third kappa shape index (κ3) is 7.34. The van der Waals surface area contributed by atoms with Crippen molar-refractivity contribution in [3.8, 4) is 0 Å². The molecule has 0 spiro atoms. The lowest BCUT2D eigenvalue weighted by Crippen LogP contribution is -2.40. The second kappa shape index (κ2) is 6.41. The van der Waals surface area contributed by atoms with Gasteiger partial charge in [-0.05, 0) is 32.9 Å². The van der Waals surface area contributed by atoms with Gasteiger partial charge < -0.3 is 10.2 Å². The minimum absolute atomic E-state index is 0.367. The molecule has 0 saturated carbocycles. The van der Waals surface area contributed by atoms with Crippen LogP contribution in [0.1, 0.15) is 40.5 Å². The summed E-state index contributed by atoms with van der Waals surface area (Å²) in [6, 6.07) is 0.654. The van der Waals surface area contributed by atoms with Gasteiger partial charge in [0.1, 0.15) is 0 Å². The van der Waals surface area contributed by atoms with Gasteiger partial charge in [0.15, 0.2) is 0 Å². The molecule has 0 aliphatic heterocycles. The zero-order valence-corrected chi connectivity index (χ0v) is 10.9. The van der Waals surface area contributed by atoms with Crippen LogP contribution in [-0.4, -0.2) is 38.1 Å². The summed E-state index contributed by atoms with van der Waals surface area (Å²) in [5.74, 6) is 0. The van der Waals surface area contributed by atoms with Crippen molar-refractivity contribution in [1.82, 2.24) is 10.2 Å². The van der Waals surface area contributed by atoms with Crippen molar-refractivity contribution in [1.29, 1.82) is 0 Å². The van der Waals surface area contributed by atoms with Crippen LogP contribution in [0.25, 0.3) is 0 Å². The third-order valence-corrected chi connectivity index (χ3v) is 2.40. The molecule has 1 atom stereocenters. The molecule has 0 rings (SSSR count). The monoisotopic (exact) mass is 200 g/mol. The van der Waals surface area contributed by atoms with Gasteiger partial charge in [0.2, 0.25) is 0 Å². The number of nitrogens with one attached hydrogen (secondary N) is 1. The molecule has 86 valence electrons. The minimum atomic E-state index is 0.367. The SMILES string of the molecule is CCCC(C)NCC(C)(C)CN(C)C. The Morgan fingerprint density at radius 3 is 2.29 bits per heavy atom. The van der Waals surface area contributed by atoms with Crippen molar-refractivity contribution in [2.45, 2.75) is 46.6 Å². The molecule has 14 heavy (non-hydrogen) atoms. The van der Waals surface area contributed by atoms with Gasteiger partial charge in [-0.2, -0.15) is 0 Å². The first-order valence-electron chi connectivity index (χ1n) is 5.75. The number of hydrogen-bond acceptors (Lipinski definition) is 2. The van der Waals surface area contributed by atoms with E-state index in [1.807, 2.05) is 0 Å². The zero-order chi connectivity index (χ0) is 11.2. The van der Waals surface area contributed by atoms with E-state index < -0.39 is 0 Å². The van der Waals surface area contributed by atoms with Crippen LogP contribution in [0.2, 0.25) is 0 Å². The molecule has 0 heterocycles. The van der Waals surface area contributed by atoms with Crippen LogP contribution < -0.4 is 5.32 Å². The Bertz CT molecular complexity index is 141. The van der Waals surface area contributed by atoms with Gasteiger partial charge in [-0.25, -0.2) is 0 Å². The normalized spacial score (nSPS) is 14.8. The first-order chi connectivity index (χ1) is 6.37. The Balaban J connectivity index is 3.74. The summed E-state index contributed by atoms with van der Waals surface area (Å²) in [6.45, 7) is 11.4. The number of rotatable bonds is 7. The predicted molar refractivity (Wildman–Crippen MR) is 64.7 cm³/mol. The maximum Gasteiger partial charge on any atom is 0.00388 e. The number of nitrogens with zero attached hydrogens (tertiary/aromatic N) is 1. The molecule has 0 amide bonds. The molecule has 0 radical (unpaired) electrons. The van der Waals surface area contributed by atoms with E-state index in [2.05, 4.69) is 52.0 Å². The molecule has 1 N–H and O–H groups in total. The van der Waals surface area contributed by atoms with Crippen molar-refractivity contribution < 1.29 is 0 Å². The van der Waals surface area contributed by atoms with Crippen LogP contribution in [0.15, 0.2) is 0 Å². The van der Waals surface area contributed by atoms with Crippen molar-refractivity contribution in [3.05, 3.63) is 0 Å². The Kier molecular flexibility index (Phi) is 6.38. The molecule has 2 nitrogen and oxygen atoms in total. The highest BCUT2D eigenvalue weighted by Gasteiger charge is 2.18. The standard InChI is InChI=1S/C12H28N2/c1-7-8-11(2)13-9-12(3,4)10-14(5)6/h11,13H,7-10H2,1-6H3. The molecule has 0 aromatic rings. The fourth-order valence-corrected chi connectivity index (χ4v) is 1.90. The van der Waals surface area contributed by atoms with Gasteiger partial charge in [0.25, 0.3) is 0 Å². The van der Waals surface area contributed by atoms with Gasteiger partial charge in [0, 0.05) is 19.1 Å². The van der Waals surface area contributed by atoms with E-state index in [4.69, 9.17) is 0 Å². The van der Waals surface area contributed by atoms with Crippen molar-refractivity contribution in [2.24, 2.45) is 5.41 Å². The van der Waals surface area contributed by atoms with Gasteiger partial charge in [-0.1, -0.05) is 27.2 Å². The fraction of sp³-hybridized carbons (Fsp3) is 1.00. The summed E-state index contributed by atoms with van der Waals surface area (Å²) in [6.07, 6.45) is 2.54. The lowest BCUT2D eigenvalue weighted by molar-refractivity contribution is 0.225. The highest BCUT2D eigenvalue weighted by atomic mass is 15.1. The molecular formula is C12H28N2. The lowest BCUT2D eigenvalue weighted by Gasteiger charge is -2.30. The third-order valence-electron chi connectivity index (χ3n) is 2.40. The van der Waals surface area contributed by atoms with E-state index in [0.717, 1.165) is 13.1 Å². The van der Waals surface area contributed by atoms with Crippen LogP contribution in [0.3, 0.4) is 0 Å². The zero-order valence-electron chi connectivity index (χ0n) is 10.9. The molecule has 0 aliphatic carbocycles. The highest BCUT2D eigenvalue weighted by Crippen LogP contribution is 2.14. The molecular weight excluding hydrogens is 172 g/mol. The lowest BCUT2D eigenvalue weighted by atomic mass is 9.92. The summed E-state index contributed by atoms with van der Waals surface area (Å²) in [7, 11) is 4.27. The number of hydrogen-bond donors (Lipinski definition) is 1. The molecule has 0 saturated heterocycles.